The molecule has 0 atom stereocenters. The molecule has 0 saturated carbocycles. The third-order valence-corrected chi connectivity index (χ3v) is 5.12. The van der Waals surface area contributed by atoms with Gasteiger partial charge >= 0.3 is 11.6 Å². The molecule has 1 aliphatic rings. The topological polar surface area (TPSA) is 117 Å². The van der Waals surface area contributed by atoms with E-state index in [0.29, 0.717) is 36.9 Å². The number of hydrogen-bond acceptors (Lipinski definition) is 7. The third kappa shape index (κ3) is 3.47. The first-order valence-corrected chi connectivity index (χ1v) is 8.66. The fraction of sp³-hybridized carbons (Fsp3) is 0.421. The van der Waals surface area contributed by atoms with Crippen molar-refractivity contribution in [3.8, 4) is 11.5 Å². The van der Waals surface area contributed by atoms with Crippen LogP contribution in [-0.2, 0) is 20.7 Å². The van der Waals surface area contributed by atoms with Crippen molar-refractivity contribution in [1.82, 2.24) is 4.90 Å². The molecule has 1 saturated heterocycles. The van der Waals surface area contributed by atoms with Gasteiger partial charge in [0, 0.05) is 18.5 Å². The normalized spacial score (nSPS) is 15.1. The van der Waals surface area contributed by atoms with Gasteiger partial charge in [-0.2, -0.15) is 0 Å². The Bertz CT molecular complexity index is 955. The van der Waals surface area contributed by atoms with Gasteiger partial charge in [0.15, 0.2) is 11.3 Å². The number of benzene rings is 1. The maximum absolute atomic E-state index is 12.6. The Kier molecular flexibility index (Phi) is 5.07. The average molecular weight is 375 g/mol. The zero-order chi connectivity index (χ0) is 19.7. The molecule has 0 unspecified atom stereocenters. The Hall–Kier alpha value is -3.03. The summed E-state index contributed by atoms with van der Waals surface area (Å²) in [7, 11) is 1.35. The van der Waals surface area contributed by atoms with Crippen LogP contribution in [0.1, 0.15) is 24.0 Å². The van der Waals surface area contributed by atoms with E-state index in [1.165, 1.54) is 19.2 Å². The number of methoxy groups -OCH3 is 1. The van der Waals surface area contributed by atoms with E-state index in [1.54, 1.807) is 11.8 Å². The Labute approximate surface area is 155 Å². The summed E-state index contributed by atoms with van der Waals surface area (Å²) in [5.74, 6) is -1.59. The lowest BCUT2D eigenvalue weighted by Gasteiger charge is -2.30. The highest BCUT2D eigenvalue weighted by atomic mass is 16.5. The van der Waals surface area contributed by atoms with Crippen molar-refractivity contribution in [2.75, 3.05) is 20.2 Å². The summed E-state index contributed by atoms with van der Waals surface area (Å²) in [5, 5.41) is 19.9. The number of likely N-dealkylation sites (tertiary alicyclic amines) is 1. The molecule has 1 aromatic heterocycles. The first-order valence-electron chi connectivity index (χ1n) is 8.66. The van der Waals surface area contributed by atoms with Crippen molar-refractivity contribution in [2.24, 2.45) is 5.92 Å². The molecule has 0 radical (unpaired) electrons. The molecule has 0 bridgehead atoms. The minimum atomic E-state index is -0.723. The molecule has 2 heterocycles. The van der Waals surface area contributed by atoms with E-state index in [2.05, 4.69) is 0 Å². The van der Waals surface area contributed by atoms with Crippen LogP contribution in [0, 0.1) is 12.8 Å². The van der Waals surface area contributed by atoms with E-state index in [0.717, 1.165) is 0 Å². The zero-order valence-electron chi connectivity index (χ0n) is 15.2. The van der Waals surface area contributed by atoms with Gasteiger partial charge < -0.3 is 24.3 Å². The fourth-order valence-electron chi connectivity index (χ4n) is 3.43. The lowest BCUT2D eigenvalue weighted by atomic mass is 9.96. The largest absolute Gasteiger partial charge is 0.504 e. The minimum absolute atomic E-state index is 0.104. The SMILES string of the molecule is COC(=O)C1CCN(C(=O)Cc2c(C)c3ccc(O)c(O)c3oc2=O)CC1. The van der Waals surface area contributed by atoms with Gasteiger partial charge in [0.25, 0.3) is 0 Å². The van der Waals surface area contributed by atoms with Crippen molar-refractivity contribution in [1.29, 1.82) is 0 Å². The predicted octanol–water partition coefficient (Wildman–Crippen LogP) is 1.47. The van der Waals surface area contributed by atoms with Gasteiger partial charge in [-0.15, -0.1) is 0 Å². The maximum atomic E-state index is 12.6. The lowest BCUT2D eigenvalue weighted by molar-refractivity contribution is -0.148. The molecule has 1 aromatic carbocycles. The third-order valence-electron chi connectivity index (χ3n) is 5.12. The van der Waals surface area contributed by atoms with Gasteiger partial charge in [0.05, 0.1) is 25.0 Å². The second kappa shape index (κ2) is 7.30. The number of rotatable bonds is 3. The number of aromatic hydroxyl groups is 2. The zero-order valence-corrected chi connectivity index (χ0v) is 15.2. The second-order valence-corrected chi connectivity index (χ2v) is 6.66. The standard InChI is InChI=1S/C19H21NO7/c1-10-12-3-4-14(21)16(23)17(12)27-19(25)13(10)9-15(22)20-7-5-11(6-8-20)18(24)26-2/h3-4,11,21,23H,5-9H2,1-2H3. The summed E-state index contributed by atoms with van der Waals surface area (Å²) in [5.41, 5.74) is -0.0895. The summed E-state index contributed by atoms with van der Waals surface area (Å²) in [6.07, 6.45) is 0.919. The number of phenolic OH excluding ortho intramolecular Hbond substituents is 2. The lowest BCUT2D eigenvalue weighted by Crippen LogP contribution is -2.41. The van der Waals surface area contributed by atoms with Crippen molar-refractivity contribution >= 4 is 22.8 Å². The van der Waals surface area contributed by atoms with E-state index >= 15 is 0 Å². The minimum Gasteiger partial charge on any atom is -0.504 e. The molecule has 144 valence electrons. The number of esters is 1. The van der Waals surface area contributed by atoms with Gasteiger partial charge in [-0.3, -0.25) is 9.59 Å². The van der Waals surface area contributed by atoms with Gasteiger partial charge in [-0.05, 0) is 37.5 Å². The van der Waals surface area contributed by atoms with Crippen molar-refractivity contribution in [3.63, 3.8) is 0 Å². The number of fused-ring (bicyclic) bond motifs is 1. The van der Waals surface area contributed by atoms with Gasteiger partial charge in [0.1, 0.15) is 0 Å². The van der Waals surface area contributed by atoms with E-state index < -0.39 is 11.4 Å². The Morgan fingerprint density at radius 1 is 1.26 bits per heavy atom. The highest BCUT2D eigenvalue weighted by Crippen LogP contribution is 2.34. The summed E-state index contributed by atoms with van der Waals surface area (Å²) < 4.78 is 9.88. The summed E-state index contributed by atoms with van der Waals surface area (Å²) in [6, 6.07) is 2.83. The number of hydrogen-bond donors (Lipinski definition) is 2. The van der Waals surface area contributed by atoms with Crippen LogP contribution in [0.5, 0.6) is 11.5 Å². The van der Waals surface area contributed by atoms with Crippen molar-refractivity contribution < 1.29 is 29.0 Å². The molecular weight excluding hydrogens is 354 g/mol. The molecule has 8 heteroatoms. The number of phenols is 2. The second-order valence-electron chi connectivity index (χ2n) is 6.66. The molecule has 3 rings (SSSR count). The van der Waals surface area contributed by atoms with E-state index in [4.69, 9.17) is 9.15 Å². The van der Waals surface area contributed by atoms with Crippen LogP contribution in [0.3, 0.4) is 0 Å². The number of carbonyl (C=O) groups is 2. The molecule has 0 spiro atoms. The molecule has 8 nitrogen and oxygen atoms in total. The molecule has 1 aliphatic heterocycles. The van der Waals surface area contributed by atoms with E-state index in [9.17, 15) is 24.6 Å². The van der Waals surface area contributed by atoms with Crippen molar-refractivity contribution in [2.45, 2.75) is 26.2 Å². The van der Waals surface area contributed by atoms with E-state index in [1.807, 2.05) is 0 Å². The Morgan fingerprint density at radius 3 is 2.56 bits per heavy atom. The van der Waals surface area contributed by atoms with Crippen LogP contribution in [-0.4, -0.2) is 47.2 Å². The highest BCUT2D eigenvalue weighted by molar-refractivity contribution is 5.89. The number of carbonyl (C=O) groups excluding carboxylic acids is 2. The number of amides is 1. The Morgan fingerprint density at radius 2 is 1.93 bits per heavy atom. The van der Waals surface area contributed by atoms with Crippen LogP contribution in [0.15, 0.2) is 21.3 Å². The molecule has 1 fully saturated rings. The summed E-state index contributed by atoms with van der Waals surface area (Å²) in [4.78, 5) is 38.1. The maximum Gasteiger partial charge on any atom is 0.340 e. The van der Waals surface area contributed by atoms with Crippen LogP contribution in [0.25, 0.3) is 11.0 Å². The first kappa shape index (κ1) is 18.8. The number of piperidine rings is 1. The van der Waals surface area contributed by atoms with Crippen LogP contribution in [0.4, 0.5) is 0 Å². The average Bonchev–Trinajstić information content (AvgIpc) is 2.67. The molecular formula is C19H21NO7. The van der Waals surface area contributed by atoms with Crippen LogP contribution in [0.2, 0.25) is 0 Å². The van der Waals surface area contributed by atoms with E-state index in [-0.39, 0.29) is 41.1 Å². The molecule has 2 N–H and O–H groups in total. The predicted molar refractivity (Wildman–Crippen MR) is 95.6 cm³/mol. The number of nitrogens with zero attached hydrogens (tertiary/aromatic N) is 1. The monoisotopic (exact) mass is 375 g/mol. The van der Waals surface area contributed by atoms with Gasteiger partial charge in [-0.1, -0.05) is 0 Å². The number of aryl methyl sites for hydroxylation is 1. The smallest absolute Gasteiger partial charge is 0.340 e. The summed E-state index contributed by atoms with van der Waals surface area (Å²) >= 11 is 0. The van der Waals surface area contributed by atoms with Gasteiger partial charge in [-0.25, -0.2) is 4.79 Å². The highest BCUT2D eigenvalue weighted by Gasteiger charge is 2.28. The quantitative estimate of drug-likeness (QED) is 0.474. The summed E-state index contributed by atoms with van der Waals surface area (Å²) in [6.45, 7) is 2.51. The van der Waals surface area contributed by atoms with Gasteiger partial charge in [0.2, 0.25) is 11.7 Å². The first-order chi connectivity index (χ1) is 12.8. The number of ether oxygens (including phenoxy) is 1. The van der Waals surface area contributed by atoms with Crippen molar-refractivity contribution in [3.05, 3.63) is 33.7 Å². The Balaban J connectivity index is 1.81. The van der Waals surface area contributed by atoms with Crippen LogP contribution < -0.4 is 5.63 Å². The molecule has 0 aliphatic carbocycles. The molecule has 1 amide bonds. The fourth-order valence-corrected chi connectivity index (χ4v) is 3.43. The van der Waals surface area contributed by atoms with Crippen LogP contribution >= 0.6 is 0 Å². The molecule has 27 heavy (non-hydrogen) atoms. The molecule has 2 aromatic rings.